The van der Waals surface area contributed by atoms with E-state index in [0.717, 1.165) is 4.81 Å². The first-order valence-corrected chi connectivity index (χ1v) is 1.95. The summed E-state index contributed by atoms with van der Waals surface area (Å²) < 4.78 is 0. The van der Waals surface area contributed by atoms with E-state index in [1.165, 1.54) is 7.98 Å². The third-order valence-corrected chi connectivity index (χ3v) is 0.795. The molecule has 0 saturated heterocycles. The molecule has 1 heterocycles. The lowest BCUT2D eigenvalue weighted by Crippen LogP contribution is -2.23. The lowest BCUT2D eigenvalue weighted by Gasteiger charge is -1.96. The van der Waals surface area contributed by atoms with Crippen molar-refractivity contribution in [1.82, 2.24) is 4.81 Å². The van der Waals surface area contributed by atoms with Crippen molar-refractivity contribution in [3.63, 3.8) is 0 Å². The predicted molar refractivity (Wildman–Crippen MR) is 26.0 cm³/mol. The molecule has 0 atom stereocenters. The van der Waals surface area contributed by atoms with Gasteiger partial charge in [-0.3, -0.25) is 4.81 Å². The van der Waals surface area contributed by atoms with Crippen LogP contribution in [0.5, 0.6) is 0 Å². The highest BCUT2D eigenvalue weighted by Crippen LogP contribution is 2.01. The van der Waals surface area contributed by atoms with Crippen LogP contribution in [0.15, 0.2) is 10.2 Å². The van der Waals surface area contributed by atoms with E-state index in [-0.39, 0.29) is 0 Å². The normalized spacial score (nSPS) is 18.2. The SMILES string of the molecule is BN1C(=O)N=NC1=O. The third-order valence-electron chi connectivity index (χ3n) is 0.795. The fraction of sp³-hybridized carbons (Fsp3) is 0. The van der Waals surface area contributed by atoms with Crippen LogP contribution in [0, 0.1) is 0 Å². The number of azo groups is 1. The standard InChI is InChI=1S/C2H2BN3O2/c3-6-1(7)4-5-2(6)8/h3H2. The molecule has 0 unspecified atom stereocenters. The molecule has 0 aliphatic carbocycles. The first kappa shape index (κ1) is 4.95. The summed E-state index contributed by atoms with van der Waals surface area (Å²) in [7, 11) is 1.32. The van der Waals surface area contributed by atoms with Crippen molar-refractivity contribution in [2.75, 3.05) is 0 Å². The minimum Gasteiger partial charge on any atom is -0.295 e. The van der Waals surface area contributed by atoms with Crippen molar-refractivity contribution in [2.24, 2.45) is 10.2 Å². The summed E-state index contributed by atoms with van der Waals surface area (Å²) in [6.45, 7) is 0. The summed E-state index contributed by atoms with van der Waals surface area (Å²) in [5.74, 6) is 0. The average Bonchev–Trinajstić information content (AvgIpc) is 1.98. The van der Waals surface area contributed by atoms with Crippen molar-refractivity contribution >= 4 is 20.0 Å². The Morgan fingerprint density at radius 3 is 1.75 bits per heavy atom. The van der Waals surface area contributed by atoms with Crippen LogP contribution >= 0.6 is 0 Å². The zero-order valence-electron chi connectivity index (χ0n) is 4.16. The number of amides is 4. The molecule has 0 aromatic heterocycles. The van der Waals surface area contributed by atoms with Gasteiger partial charge in [0.05, 0.1) is 0 Å². The molecule has 0 fully saturated rings. The fourth-order valence-electron chi connectivity index (χ4n) is 0.302. The van der Waals surface area contributed by atoms with Crippen LogP contribution in [-0.4, -0.2) is 24.9 Å². The maximum Gasteiger partial charge on any atom is 0.357 e. The molecule has 0 spiro atoms. The van der Waals surface area contributed by atoms with Crippen LogP contribution in [-0.2, 0) is 0 Å². The van der Waals surface area contributed by atoms with E-state index in [1.807, 2.05) is 0 Å². The average molecular weight is 111 g/mol. The Morgan fingerprint density at radius 2 is 1.62 bits per heavy atom. The van der Waals surface area contributed by atoms with E-state index in [1.54, 1.807) is 0 Å². The van der Waals surface area contributed by atoms with Crippen LogP contribution in [0.2, 0.25) is 0 Å². The van der Waals surface area contributed by atoms with Crippen LogP contribution < -0.4 is 0 Å². The molecular weight excluding hydrogens is 109 g/mol. The van der Waals surface area contributed by atoms with Gasteiger partial charge < -0.3 is 0 Å². The molecule has 0 N–H and O–H groups in total. The van der Waals surface area contributed by atoms with Gasteiger partial charge in [-0.05, 0) is 0 Å². The van der Waals surface area contributed by atoms with E-state index in [0.29, 0.717) is 0 Å². The summed E-state index contributed by atoms with van der Waals surface area (Å²) in [6, 6.07) is -1.20. The number of hydrogen-bond donors (Lipinski definition) is 0. The molecule has 1 aliphatic heterocycles. The van der Waals surface area contributed by atoms with Gasteiger partial charge >= 0.3 is 12.1 Å². The van der Waals surface area contributed by atoms with Gasteiger partial charge in [-0.1, -0.05) is 10.2 Å². The van der Waals surface area contributed by atoms with Gasteiger partial charge in [0.15, 0.2) is 0 Å². The number of urea groups is 2. The monoisotopic (exact) mass is 111 g/mol. The smallest absolute Gasteiger partial charge is 0.295 e. The molecule has 1 rings (SSSR count). The Balaban J connectivity index is 2.84. The van der Waals surface area contributed by atoms with E-state index < -0.39 is 12.1 Å². The molecule has 6 heteroatoms. The molecule has 0 aromatic carbocycles. The molecule has 0 aromatic rings. The maximum absolute atomic E-state index is 10.2. The number of nitrogens with zero attached hydrogens (tertiary/aromatic N) is 3. The van der Waals surface area contributed by atoms with Crippen LogP contribution in [0.25, 0.3) is 0 Å². The van der Waals surface area contributed by atoms with Gasteiger partial charge in [0, 0.05) is 0 Å². The lowest BCUT2D eigenvalue weighted by molar-refractivity contribution is 0.226. The summed E-state index contributed by atoms with van der Waals surface area (Å²) in [5, 5.41) is 5.92. The van der Waals surface area contributed by atoms with Crippen LogP contribution in [0.1, 0.15) is 0 Å². The van der Waals surface area contributed by atoms with Crippen molar-refractivity contribution in [3.05, 3.63) is 0 Å². The Bertz CT molecular complexity index is 158. The van der Waals surface area contributed by atoms with Gasteiger partial charge in [0.1, 0.15) is 0 Å². The summed E-state index contributed by atoms with van der Waals surface area (Å²) in [4.78, 5) is 21.3. The molecule has 8 heavy (non-hydrogen) atoms. The molecule has 1 aliphatic rings. The number of rotatable bonds is 0. The number of carbonyl (C=O) groups excluding carboxylic acids is 2. The van der Waals surface area contributed by atoms with E-state index >= 15 is 0 Å². The maximum atomic E-state index is 10.2. The van der Waals surface area contributed by atoms with Crippen molar-refractivity contribution < 1.29 is 9.59 Å². The second-order valence-corrected chi connectivity index (χ2v) is 1.32. The second-order valence-electron chi connectivity index (χ2n) is 1.32. The topological polar surface area (TPSA) is 62.1 Å². The molecule has 5 nitrogen and oxygen atoms in total. The Morgan fingerprint density at radius 1 is 1.25 bits per heavy atom. The Hall–Kier alpha value is -1.20. The molecule has 0 radical (unpaired) electrons. The number of carbonyl (C=O) groups is 2. The zero-order chi connectivity index (χ0) is 6.15. The van der Waals surface area contributed by atoms with Gasteiger partial charge in [-0.25, -0.2) is 9.59 Å². The van der Waals surface area contributed by atoms with Gasteiger partial charge in [-0.2, -0.15) is 0 Å². The van der Waals surface area contributed by atoms with Crippen LogP contribution in [0.4, 0.5) is 9.59 Å². The van der Waals surface area contributed by atoms with E-state index in [2.05, 4.69) is 10.2 Å². The van der Waals surface area contributed by atoms with Crippen molar-refractivity contribution in [2.45, 2.75) is 0 Å². The summed E-state index contributed by atoms with van der Waals surface area (Å²) in [6.07, 6.45) is 0. The van der Waals surface area contributed by atoms with Crippen molar-refractivity contribution in [3.8, 4) is 0 Å². The minimum atomic E-state index is -0.602. The van der Waals surface area contributed by atoms with Gasteiger partial charge in [0.2, 0.25) is 7.98 Å². The third kappa shape index (κ3) is 0.499. The predicted octanol–water partition coefficient (Wildman–Crippen LogP) is -0.458. The van der Waals surface area contributed by atoms with Gasteiger partial charge in [0.25, 0.3) is 0 Å². The first-order valence-electron chi connectivity index (χ1n) is 1.95. The van der Waals surface area contributed by atoms with Crippen LogP contribution in [0.3, 0.4) is 0 Å². The molecule has 0 saturated carbocycles. The Kier molecular flexibility index (Phi) is 0.863. The number of hydrogen-bond acceptors (Lipinski definition) is 2. The molecule has 0 bridgehead atoms. The highest BCUT2D eigenvalue weighted by Gasteiger charge is 2.20. The van der Waals surface area contributed by atoms with E-state index in [4.69, 9.17) is 0 Å². The van der Waals surface area contributed by atoms with E-state index in [9.17, 15) is 9.59 Å². The quantitative estimate of drug-likeness (QED) is 0.397. The molecular formula is C2H2BN3O2. The highest BCUT2D eigenvalue weighted by molar-refractivity contribution is 6.25. The number of imide groups is 1. The first-order chi connectivity index (χ1) is 3.72. The summed E-state index contributed by atoms with van der Waals surface area (Å²) in [5.41, 5.74) is 0. The Labute approximate surface area is 45.8 Å². The zero-order valence-corrected chi connectivity index (χ0v) is 4.16. The van der Waals surface area contributed by atoms with Crippen molar-refractivity contribution in [1.29, 1.82) is 0 Å². The van der Waals surface area contributed by atoms with Gasteiger partial charge in [-0.15, -0.1) is 0 Å². The highest BCUT2D eigenvalue weighted by atomic mass is 16.2. The fourth-order valence-corrected chi connectivity index (χ4v) is 0.302. The molecule has 4 amide bonds. The lowest BCUT2D eigenvalue weighted by atomic mass is 10.4. The minimum absolute atomic E-state index is 0.602. The largest absolute Gasteiger partial charge is 0.357 e. The second kappa shape index (κ2) is 1.39. The summed E-state index contributed by atoms with van der Waals surface area (Å²) >= 11 is 0. The molecule has 40 valence electrons.